The Kier molecular flexibility index (Phi) is 5.75. The van der Waals surface area contributed by atoms with Crippen LogP contribution >= 0.6 is 12.4 Å². The summed E-state index contributed by atoms with van der Waals surface area (Å²) < 4.78 is 3.24. The first kappa shape index (κ1) is 17.0. The number of carbonyl (C=O) groups excluding carboxylic acids is 1. The van der Waals surface area contributed by atoms with Gasteiger partial charge in [-0.15, -0.1) is 12.4 Å². The fourth-order valence-electron chi connectivity index (χ4n) is 2.05. The molecule has 1 aromatic carbocycles. The third kappa shape index (κ3) is 3.34. The second-order valence-electron chi connectivity index (χ2n) is 4.52. The second-order valence-corrected chi connectivity index (χ2v) is 4.52. The van der Waals surface area contributed by atoms with Crippen LogP contribution in [0.1, 0.15) is 12.1 Å². The summed E-state index contributed by atoms with van der Waals surface area (Å²) in [5.74, 6) is -0.251. The van der Waals surface area contributed by atoms with Crippen LogP contribution in [0.15, 0.2) is 35.1 Å². The van der Waals surface area contributed by atoms with Gasteiger partial charge in [0, 0.05) is 20.0 Å². The minimum atomic E-state index is -0.251. The number of para-hydroxylation sites is 1. The van der Waals surface area contributed by atoms with E-state index in [-0.39, 0.29) is 36.8 Å². The number of carbonyl (C=O) groups is 1. The first-order chi connectivity index (χ1) is 9.56. The zero-order chi connectivity index (χ0) is 14.7. The maximum absolute atomic E-state index is 12.4. The van der Waals surface area contributed by atoms with Gasteiger partial charge in [0.25, 0.3) is 5.56 Å². The van der Waals surface area contributed by atoms with Gasteiger partial charge in [0.1, 0.15) is 5.69 Å². The van der Waals surface area contributed by atoms with Gasteiger partial charge in [-0.05, 0) is 19.1 Å². The molecule has 0 aliphatic rings. The number of halogens is 1. The predicted molar refractivity (Wildman–Crippen MR) is 85.3 cm³/mol. The van der Waals surface area contributed by atoms with Crippen LogP contribution in [0.25, 0.3) is 5.69 Å². The van der Waals surface area contributed by atoms with Crippen molar-refractivity contribution in [2.24, 2.45) is 12.8 Å². The molecular weight excluding hydrogens is 292 g/mol. The molecule has 0 bridgehead atoms. The van der Waals surface area contributed by atoms with Crippen molar-refractivity contribution in [3.8, 4) is 5.69 Å². The van der Waals surface area contributed by atoms with Crippen LogP contribution in [0.2, 0.25) is 0 Å². The van der Waals surface area contributed by atoms with Crippen LogP contribution < -0.4 is 16.6 Å². The number of nitrogens with zero attached hydrogens (tertiary/aromatic N) is 2. The smallest absolute Gasteiger partial charge is 0.295 e. The van der Waals surface area contributed by atoms with E-state index in [9.17, 15) is 9.59 Å². The Morgan fingerprint density at radius 2 is 1.90 bits per heavy atom. The molecule has 0 atom stereocenters. The van der Waals surface area contributed by atoms with Crippen molar-refractivity contribution in [1.82, 2.24) is 9.36 Å². The largest absolute Gasteiger partial charge is 0.330 e. The molecule has 2 aromatic rings. The van der Waals surface area contributed by atoms with Crippen molar-refractivity contribution in [3.63, 3.8) is 0 Å². The Morgan fingerprint density at radius 3 is 2.48 bits per heavy atom. The van der Waals surface area contributed by atoms with Crippen molar-refractivity contribution in [3.05, 3.63) is 46.4 Å². The van der Waals surface area contributed by atoms with E-state index in [1.807, 2.05) is 30.3 Å². The number of nitrogens with one attached hydrogen (secondary N) is 1. The molecule has 3 N–H and O–H groups in total. The summed E-state index contributed by atoms with van der Waals surface area (Å²) in [5.41, 5.74) is 6.84. The average Bonchev–Trinajstić information content (AvgIpc) is 2.64. The van der Waals surface area contributed by atoms with Crippen molar-refractivity contribution in [1.29, 1.82) is 0 Å². The molecule has 0 aliphatic heterocycles. The van der Waals surface area contributed by atoms with Crippen LogP contribution in [0.4, 0.5) is 5.69 Å². The van der Waals surface area contributed by atoms with Gasteiger partial charge in [-0.25, -0.2) is 4.68 Å². The summed E-state index contributed by atoms with van der Waals surface area (Å²) in [6.07, 6.45) is 0.194. The molecule has 0 saturated heterocycles. The van der Waals surface area contributed by atoms with E-state index in [2.05, 4.69) is 5.32 Å². The van der Waals surface area contributed by atoms with Crippen LogP contribution in [-0.2, 0) is 11.8 Å². The summed E-state index contributed by atoms with van der Waals surface area (Å²) in [6, 6.07) is 9.28. The molecule has 6 nitrogen and oxygen atoms in total. The first-order valence-electron chi connectivity index (χ1n) is 6.40. The van der Waals surface area contributed by atoms with Gasteiger partial charge in [-0.1, -0.05) is 18.2 Å². The fourth-order valence-corrected chi connectivity index (χ4v) is 2.05. The minimum absolute atomic E-state index is 0. The second kappa shape index (κ2) is 7.10. The maximum Gasteiger partial charge on any atom is 0.295 e. The number of hydrogen-bond acceptors (Lipinski definition) is 3. The number of benzene rings is 1. The normalized spacial score (nSPS) is 10.0. The lowest BCUT2D eigenvalue weighted by molar-refractivity contribution is -0.116. The molecule has 0 aliphatic carbocycles. The highest BCUT2D eigenvalue weighted by atomic mass is 35.5. The van der Waals surface area contributed by atoms with Gasteiger partial charge in [-0.3, -0.25) is 14.3 Å². The summed E-state index contributed by atoms with van der Waals surface area (Å²) in [7, 11) is 1.78. The summed E-state index contributed by atoms with van der Waals surface area (Å²) in [4.78, 5) is 24.1. The Bertz CT molecular complexity index is 676. The van der Waals surface area contributed by atoms with E-state index < -0.39 is 0 Å². The molecule has 0 radical (unpaired) electrons. The lowest BCUT2D eigenvalue weighted by Gasteiger charge is -2.07. The van der Waals surface area contributed by atoms with Gasteiger partial charge in [-0.2, -0.15) is 0 Å². The molecule has 1 aromatic heterocycles. The Balaban J connectivity index is 0.00000220. The molecule has 0 fully saturated rings. The highest BCUT2D eigenvalue weighted by Gasteiger charge is 2.17. The number of amides is 1. The molecule has 2 rings (SSSR count). The topological polar surface area (TPSA) is 82.1 Å². The maximum atomic E-state index is 12.4. The standard InChI is InChI=1S/C14H18N4O2.ClH/c1-10-13(16-12(19)8-9-15)14(20)18(17(10)2)11-6-4-3-5-7-11;/h3-7H,8-9,15H2,1-2H3,(H,16,19);1H. The zero-order valence-electron chi connectivity index (χ0n) is 12.0. The predicted octanol–water partition coefficient (Wildman–Crippen LogP) is 1.19. The fraction of sp³-hybridized carbons (Fsp3) is 0.286. The van der Waals surface area contributed by atoms with Crippen molar-refractivity contribution < 1.29 is 4.79 Å². The Morgan fingerprint density at radius 1 is 1.29 bits per heavy atom. The molecule has 0 unspecified atom stereocenters. The van der Waals surface area contributed by atoms with E-state index in [4.69, 9.17) is 5.73 Å². The van der Waals surface area contributed by atoms with Crippen LogP contribution in [0.5, 0.6) is 0 Å². The summed E-state index contributed by atoms with van der Waals surface area (Å²) >= 11 is 0. The highest BCUT2D eigenvalue weighted by molar-refractivity contribution is 5.91. The number of hydrogen-bond donors (Lipinski definition) is 2. The van der Waals surface area contributed by atoms with E-state index in [0.717, 1.165) is 5.69 Å². The summed E-state index contributed by atoms with van der Waals surface area (Å²) in [5, 5.41) is 2.64. The molecule has 7 heteroatoms. The number of anilines is 1. The molecule has 114 valence electrons. The third-order valence-corrected chi connectivity index (χ3v) is 3.19. The van der Waals surface area contributed by atoms with Crippen molar-refractivity contribution in [2.75, 3.05) is 11.9 Å². The molecule has 0 spiro atoms. The van der Waals surface area contributed by atoms with Gasteiger partial charge in [0.05, 0.1) is 11.4 Å². The molecule has 1 amide bonds. The van der Waals surface area contributed by atoms with Gasteiger partial charge >= 0.3 is 0 Å². The zero-order valence-corrected chi connectivity index (χ0v) is 12.8. The van der Waals surface area contributed by atoms with Crippen LogP contribution in [0, 0.1) is 6.92 Å². The number of nitrogens with two attached hydrogens (primary N) is 1. The lowest BCUT2D eigenvalue weighted by atomic mass is 10.3. The molecule has 21 heavy (non-hydrogen) atoms. The van der Waals surface area contributed by atoms with E-state index >= 15 is 0 Å². The van der Waals surface area contributed by atoms with Gasteiger partial charge < -0.3 is 11.1 Å². The molecule has 1 heterocycles. The summed E-state index contributed by atoms with van der Waals surface area (Å²) in [6.45, 7) is 2.05. The Labute approximate surface area is 128 Å². The quantitative estimate of drug-likeness (QED) is 0.890. The SMILES string of the molecule is Cc1c(NC(=O)CCN)c(=O)n(-c2ccccc2)n1C.Cl. The Hall–Kier alpha value is -2.05. The molecule has 0 saturated carbocycles. The monoisotopic (exact) mass is 310 g/mol. The van der Waals surface area contributed by atoms with E-state index in [0.29, 0.717) is 11.4 Å². The number of aromatic nitrogens is 2. The number of rotatable bonds is 4. The first-order valence-corrected chi connectivity index (χ1v) is 6.40. The van der Waals surface area contributed by atoms with Gasteiger partial charge in [0.15, 0.2) is 0 Å². The highest BCUT2D eigenvalue weighted by Crippen LogP contribution is 2.13. The van der Waals surface area contributed by atoms with E-state index in [1.54, 1.807) is 18.7 Å². The lowest BCUT2D eigenvalue weighted by Crippen LogP contribution is -2.23. The van der Waals surface area contributed by atoms with Gasteiger partial charge in [0.2, 0.25) is 5.91 Å². The van der Waals surface area contributed by atoms with Crippen molar-refractivity contribution in [2.45, 2.75) is 13.3 Å². The van der Waals surface area contributed by atoms with Crippen molar-refractivity contribution >= 4 is 24.0 Å². The molecular formula is C14H19ClN4O2. The average molecular weight is 311 g/mol. The third-order valence-electron chi connectivity index (χ3n) is 3.19. The minimum Gasteiger partial charge on any atom is -0.330 e. The van der Waals surface area contributed by atoms with Crippen LogP contribution in [-0.4, -0.2) is 21.8 Å². The van der Waals surface area contributed by atoms with Crippen LogP contribution in [0.3, 0.4) is 0 Å². The van der Waals surface area contributed by atoms with E-state index in [1.165, 1.54) is 4.68 Å².